The van der Waals surface area contributed by atoms with Crippen LogP contribution in [0.3, 0.4) is 0 Å². The van der Waals surface area contributed by atoms with Gasteiger partial charge in [-0.15, -0.1) is 0 Å². The standard InChI is InChI=1S/C10H16P2.3C3H7NO.F6Si.Pb/c1-11(2)9-7-5-6-8-10(9)12(3)4;3*1-4(2)3-5;1-7(2,3,4,5)6;/h5-8H,1-4H3;3*3H,1-2H3;;/q;;;;-2;+2/p+2. The first-order valence-electron chi connectivity index (χ1n) is 9.63. The molecule has 0 fully saturated rings. The first kappa shape index (κ1) is 44.2. The van der Waals surface area contributed by atoms with E-state index >= 15 is 0 Å². The Morgan fingerprint density at radius 2 is 0.743 bits per heavy atom. The molecule has 0 spiro atoms. The van der Waals surface area contributed by atoms with Gasteiger partial charge in [0.05, 0.1) is 26.7 Å². The van der Waals surface area contributed by atoms with Gasteiger partial charge in [0.2, 0.25) is 19.2 Å². The van der Waals surface area contributed by atoms with Gasteiger partial charge in [-0.2, -0.15) is 0 Å². The van der Waals surface area contributed by atoms with E-state index in [1.54, 1.807) is 52.9 Å². The Morgan fingerprint density at radius 3 is 0.829 bits per heavy atom. The van der Waals surface area contributed by atoms with E-state index in [-0.39, 0.29) is 43.1 Å². The molecule has 0 unspecified atom stereocenters. The normalized spacial score (nSPS) is 11.4. The van der Waals surface area contributed by atoms with Gasteiger partial charge in [-0.3, -0.25) is 14.4 Å². The van der Waals surface area contributed by atoms with Gasteiger partial charge < -0.3 is 14.7 Å². The van der Waals surface area contributed by atoms with Crippen LogP contribution in [0.1, 0.15) is 0 Å². The number of amides is 3. The summed E-state index contributed by atoms with van der Waals surface area (Å²) in [6.07, 6.45) is 2.25. The Kier molecular flexibility index (Phi) is 24.4. The van der Waals surface area contributed by atoms with Crippen molar-refractivity contribution in [3.8, 4) is 0 Å². The van der Waals surface area contributed by atoms with E-state index in [2.05, 4.69) is 50.9 Å². The molecule has 1 aromatic carbocycles. The van der Waals surface area contributed by atoms with Gasteiger partial charge in [0, 0.05) is 58.1 Å². The maximum Gasteiger partial charge on any atom is 2.00 e. The van der Waals surface area contributed by atoms with Crippen LogP contribution in [0.5, 0.6) is 0 Å². The summed E-state index contributed by atoms with van der Waals surface area (Å²) in [5, 5.41) is 3.28. The Labute approximate surface area is 227 Å². The monoisotopic (exact) mass is 769 g/mol. The first-order valence-corrected chi connectivity index (χ1v) is 16.9. The van der Waals surface area contributed by atoms with E-state index in [1.807, 2.05) is 0 Å². The Morgan fingerprint density at radius 1 is 0.600 bits per heavy atom. The van der Waals surface area contributed by atoms with Crippen molar-refractivity contribution in [1.29, 1.82) is 0 Å². The molecule has 0 atom stereocenters. The predicted octanol–water partition coefficient (Wildman–Crippen LogP) is 2.76. The number of carbonyl (C=O) groups is 3. The Balaban J connectivity index is -0.000000114. The molecule has 16 heteroatoms. The van der Waals surface area contributed by atoms with E-state index in [0.717, 1.165) is 19.2 Å². The quantitative estimate of drug-likeness (QED) is 0.153. The number of hydrogen-bond donors (Lipinski definition) is 0. The molecule has 1 rings (SSSR count). The van der Waals surface area contributed by atoms with Crippen LogP contribution in [0.25, 0.3) is 0 Å². The summed E-state index contributed by atoms with van der Waals surface area (Å²) in [6.45, 7) is 9.48. The fraction of sp³-hybridized carbons (Fsp3) is 0.526. The second kappa shape index (κ2) is 19.3. The van der Waals surface area contributed by atoms with Crippen LogP contribution >= 0.6 is 15.8 Å². The van der Waals surface area contributed by atoms with Crippen LogP contribution in [0.2, 0.25) is 0 Å². The molecule has 0 heterocycles. The molecule has 0 aliphatic rings. The van der Waals surface area contributed by atoms with Crippen molar-refractivity contribution in [1.82, 2.24) is 14.7 Å². The maximum atomic E-state index is 9.88. The van der Waals surface area contributed by atoms with Crippen LogP contribution in [-0.2, 0) is 14.4 Å². The van der Waals surface area contributed by atoms with Gasteiger partial charge in [0.15, 0.2) is 0 Å². The smallest absolute Gasteiger partial charge is 2.00 e. The van der Waals surface area contributed by atoms with E-state index in [0.29, 0.717) is 0 Å². The molecular weight excluding hydrogens is 729 g/mol. The van der Waals surface area contributed by atoms with Crippen molar-refractivity contribution >= 4 is 81.6 Å². The molecule has 0 saturated carbocycles. The Hall–Kier alpha value is -0.791. The fourth-order valence-electron chi connectivity index (χ4n) is 1.36. The first-order chi connectivity index (χ1) is 14.9. The van der Waals surface area contributed by atoms with Crippen LogP contribution < -0.4 is 10.6 Å². The van der Waals surface area contributed by atoms with E-state index in [1.165, 1.54) is 14.7 Å². The molecular formula is C19H39F6N3O3P2PbSi+2. The predicted molar refractivity (Wildman–Crippen MR) is 143 cm³/mol. The van der Waals surface area contributed by atoms with Gasteiger partial charge in [-0.05, 0) is 12.1 Å². The van der Waals surface area contributed by atoms with Crippen molar-refractivity contribution < 1.29 is 39.0 Å². The SMILES string of the molecule is CN(C)C=O.CN(C)C=O.CN(C)C=O.C[PH+](C)c1ccccc1[PH+](C)C.F[Si-2](F)(F)(F)(F)F.[Pb+2]. The molecule has 0 aliphatic carbocycles. The number of hydrogen-bond acceptors (Lipinski definition) is 3. The van der Waals surface area contributed by atoms with Crippen molar-refractivity contribution in [2.24, 2.45) is 0 Å². The summed E-state index contributed by atoms with van der Waals surface area (Å²) in [7, 11) is -1.24. The number of carbonyl (C=O) groups excluding carboxylic acids is 3. The molecule has 2 radical (unpaired) electrons. The van der Waals surface area contributed by atoms with Gasteiger partial charge in [0.25, 0.3) is 0 Å². The average Bonchev–Trinajstić information content (AvgIpc) is 2.66. The van der Waals surface area contributed by atoms with E-state index in [4.69, 9.17) is 0 Å². The van der Waals surface area contributed by atoms with Gasteiger partial charge in [-0.1, -0.05) is 12.1 Å². The van der Waals surface area contributed by atoms with Crippen LogP contribution in [0.4, 0.5) is 24.6 Å². The van der Waals surface area contributed by atoms with Crippen molar-refractivity contribution in [2.75, 3.05) is 68.9 Å². The van der Waals surface area contributed by atoms with Crippen molar-refractivity contribution in [3.05, 3.63) is 24.3 Å². The number of nitrogens with zero attached hydrogens (tertiary/aromatic N) is 3. The molecule has 0 saturated heterocycles. The van der Waals surface area contributed by atoms with Crippen LogP contribution in [-0.4, -0.2) is 139 Å². The van der Waals surface area contributed by atoms with Gasteiger partial charge in [0.1, 0.15) is 10.6 Å². The molecule has 0 aromatic heterocycles. The summed E-state index contributed by atoms with van der Waals surface area (Å²) in [5.41, 5.74) is 0. The van der Waals surface area contributed by atoms with Crippen LogP contribution in [0.15, 0.2) is 24.3 Å². The van der Waals surface area contributed by atoms with Gasteiger partial charge >= 0.3 is 60.6 Å². The molecule has 0 bridgehead atoms. The minimum absolute atomic E-state index is 0. The maximum absolute atomic E-state index is 10.8. The number of rotatable bonds is 5. The third-order valence-electron chi connectivity index (χ3n) is 2.64. The third-order valence-corrected chi connectivity index (χ3v) is 5.91. The molecule has 206 valence electrons. The van der Waals surface area contributed by atoms with E-state index < -0.39 is 8.63 Å². The minimum atomic E-state index is -10.8. The average molecular weight is 769 g/mol. The molecule has 3 amide bonds. The largest absolute Gasteiger partial charge is 2.00 e. The summed E-state index contributed by atoms with van der Waals surface area (Å²) in [6, 6.07) is 8.95. The number of benzene rings is 1. The summed E-state index contributed by atoms with van der Waals surface area (Å²) >= 11 is 0. The second-order valence-corrected chi connectivity index (χ2v) is 15.0. The minimum Gasteiger partial charge on any atom is 2.00 e. The van der Waals surface area contributed by atoms with Gasteiger partial charge in [-0.25, -0.2) is 0 Å². The van der Waals surface area contributed by atoms with Crippen LogP contribution in [0, 0.1) is 0 Å². The zero-order valence-electron chi connectivity index (χ0n) is 21.9. The van der Waals surface area contributed by atoms with E-state index in [9.17, 15) is 39.0 Å². The zero-order valence-corrected chi connectivity index (χ0v) is 28.8. The summed E-state index contributed by atoms with van der Waals surface area (Å²) in [4.78, 5) is 32.6. The summed E-state index contributed by atoms with van der Waals surface area (Å²) < 4.78 is 59.3. The van der Waals surface area contributed by atoms with Crippen molar-refractivity contribution in [3.63, 3.8) is 0 Å². The fourth-order valence-corrected chi connectivity index (χ4v) is 4.96. The topological polar surface area (TPSA) is 60.9 Å². The molecule has 6 nitrogen and oxygen atoms in total. The molecule has 0 aliphatic heterocycles. The third kappa shape index (κ3) is 55.2. The van der Waals surface area contributed by atoms with Crippen molar-refractivity contribution in [2.45, 2.75) is 0 Å². The second-order valence-electron chi connectivity index (χ2n) is 7.82. The molecule has 0 N–H and O–H groups in total. The molecule has 35 heavy (non-hydrogen) atoms. The Bertz CT molecular complexity index is 645. The number of halogens is 6. The summed E-state index contributed by atoms with van der Waals surface area (Å²) in [5.74, 6) is 0. The molecule has 1 aromatic rings. The zero-order chi connectivity index (χ0) is 28.4.